The van der Waals surface area contributed by atoms with Crippen LogP contribution in [0.15, 0.2) is 54.7 Å². The zero-order chi connectivity index (χ0) is 21.2. The molecule has 0 spiro atoms. The minimum atomic E-state index is -0.305. The second-order valence-electron chi connectivity index (χ2n) is 7.37. The Bertz CT molecular complexity index is 1190. The number of hydrogen-bond acceptors (Lipinski definition) is 7. The Morgan fingerprint density at radius 3 is 2.35 bits per heavy atom. The normalized spacial score (nSPS) is 14.6. The molecule has 1 fully saturated rings. The summed E-state index contributed by atoms with van der Waals surface area (Å²) in [5.41, 5.74) is 2.14. The van der Waals surface area contributed by atoms with Gasteiger partial charge in [-0.05, 0) is 61.4 Å². The summed E-state index contributed by atoms with van der Waals surface area (Å²) in [5, 5.41) is 21.3. The predicted molar refractivity (Wildman–Crippen MR) is 115 cm³/mol. The number of rotatable bonds is 5. The largest absolute Gasteiger partial charge is 0.508 e. The highest BCUT2D eigenvalue weighted by molar-refractivity contribution is 5.89. The van der Waals surface area contributed by atoms with Gasteiger partial charge < -0.3 is 20.5 Å². The lowest BCUT2D eigenvalue weighted by Crippen LogP contribution is -2.20. The van der Waals surface area contributed by atoms with Crippen LogP contribution in [-0.4, -0.2) is 38.1 Å². The number of hydrogen-bond donors (Lipinski definition) is 3. The standard InChI is InChI=1S/C22H21FN6O2/c23-14-1-3-15(4-2-14)25-20-19-13-24-29(17-9-11-31-12-10-17)21(19)28-22(27-20)26-16-5-7-18(30)8-6-16/h1-8,13,17,30H,9-12H2,(H2,25,26,27,28). The molecule has 0 aliphatic carbocycles. The molecule has 4 aromatic rings. The number of aromatic nitrogens is 4. The van der Waals surface area contributed by atoms with E-state index in [1.165, 1.54) is 12.1 Å². The van der Waals surface area contributed by atoms with Crippen molar-refractivity contribution in [3.63, 3.8) is 0 Å². The average molecular weight is 420 g/mol. The van der Waals surface area contributed by atoms with Gasteiger partial charge in [-0.2, -0.15) is 15.1 Å². The van der Waals surface area contributed by atoms with Crippen molar-refractivity contribution in [3.8, 4) is 5.75 Å². The summed E-state index contributed by atoms with van der Waals surface area (Å²) in [5.74, 6) is 0.825. The summed E-state index contributed by atoms with van der Waals surface area (Å²) in [7, 11) is 0. The Balaban J connectivity index is 1.56. The fraction of sp³-hybridized carbons (Fsp3) is 0.227. The molecule has 8 nitrogen and oxygen atoms in total. The number of nitrogens with one attached hydrogen (secondary N) is 2. The van der Waals surface area contributed by atoms with E-state index in [1.54, 1.807) is 42.6 Å². The lowest BCUT2D eigenvalue weighted by Gasteiger charge is -2.22. The van der Waals surface area contributed by atoms with Crippen molar-refractivity contribution >= 4 is 34.2 Å². The van der Waals surface area contributed by atoms with Gasteiger partial charge in [-0.15, -0.1) is 0 Å². The third-order valence-corrected chi connectivity index (χ3v) is 5.22. The van der Waals surface area contributed by atoms with Crippen molar-refractivity contribution in [3.05, 3.63) is 60.5 Å². The van der Waals surface area contributed by atoms with Crippen LogP contribution in [0.4, 0.5) is 27.5 Å². The first-order chi connectivity index (χ1) is 15.2. The third-order valence-electron chi connectivity index (χ3n) is 5.22. The van der Waals surface area contributed by atoms with E-state index >= 15 is 0 Å². The molecule has 2 aromatic carbocycles. The van der Waals surface area contributed by atoms with E-state index in [1.807, 2.05) is 4.68 Å². The Kier molecular flexibility index (Phi) is 5.09. The molecular weight excluding hydrogens is 399 g/mol. The predicted octanol–water partition coefficient (Wildman–Crippen LogP) is 4.51. The Labute approximate surface area is 177 Å². The molecule has 0 atom stereocenters. The van der Waals surface area contributed by atoms with Crippen LogP contribution in [0.5, 0.6) is 5.75 Å². The fourth-order valence-electron chi connectivity index (χ4n) is 3.62. The first-order valence-electron chi connectivity index (χ1n) is 10.1. The smallest absolute Gasteiger partial charge is 0.231 e. The molecule has 158 valence electrons. The van der Waals surface area contributed by atoms with Gasteiger partial charge in [-0.25, -0.2) is 9.07 Å². The maximum atomic E-state index is 13.3. The molecule has 0 radical (unpaired) electrons. The monoisotopic (exact) mass is 420 g/mol. The van der Waals surface area contributed by atoms with Crippen LogP contribution in [0.3, 0.4) is 0 Å². The summed E-state index contributed by atoms with van der Waals surface area (Å²) in [6.45, 7) is 1.38. The molecule has 5 rings (SSSR count). The van der Waals surface area contributed by atoms with E-state index in [4.69, 9.17) is 9.72 Å². The van der Waals surface area contributed by atoms with Crippen molar-refractivity contribution in [2.45, 2.75) is 18.9 Å². The average Bonchev–Trinajstić information content (AvgIpc) is 3.22. The van der Waals surface area contributed by atoms with Crippen LogP contribution in [0.2, 0.25) is 0 Å². The van der Waals surface area contributed by atoms with E-state index in [0.717, 1.165) is 23.9 Å². The van der Waals surface area contributed by atoms with Crippen molar-refractivity contribution in [1.29, 1.82) is 0 Å². The van der Waals surface area contributed by atoms with Gasteiger partial charge in [0, 0.05) is 24.6 Å². The first kappa shape index (κ1) is 19.3. The number of aromatic hydroxyl groups is 1. The number of phenolic OH excluding ortho intramolecular Hbond substituents is 1. The van der Waals surface area contributed by atoms with Crippen molar-refractivity contribution in [2.24, 2.45) is 0 Å². The lowest BCUT2D eigenvalue weighted by atomic mass is 10.1. The lowest BCUT2D eigenvalue weighted by molar-refractivity contribution is 0.0673. The van der Waals surface area contributed by atoms with Gasteiger partial charge in [0.15, 0.2) is 5.65 Å². The number of nitrogens with zero attached hydrogens (tertiary/aromatic N) is 4. The molecule has 2 aromatic heterocycles. The maximum Gasteiger partial charge on any atom is 0.231 e. The van der Waals surface area contributed by atoms with E-state index < -0.39 is 0 Å². The van der Waals surface area contributed by atoms with Crippen molar-refractivity contribution in [2.75, 3.05) is 23.8 Å². The first-order valence-corrected chi connectivity index (χ1v) is 10.1. The number of halogens is 1. The molecule has 3 N–H and O–H groups in total. The van der Waals surface area contributed by atoms with E-state index in [-0.39, 0.29) is 17.6 Å². The molecular formula is C22H21FN6O2. The SMILES string of the molecule is Oc1ccc(Nc2nc(Nc3ccc(F)cc3)c3cnn(C4CCOCC4)c3n2)cc1. The number of anilines is 4. The molecule has 9 heteroatoms. The minimum Gasteiger partial charge on any atom is -0.508 e. The maximum absolute atomic E-state index is 13.3. The van der Waals surface area contributed by atoms with Gasteiger partial charge in [0.2, 0.25) is 5.95 Å². The summed E-state index contributed by atoms with van der Waals surface area (Å²) in [6, 6.07) is 12.9. The second-order valence-corrected chi connectivity index (χ2v) is 7.37. The van der Waals surface area contributed by atoms with Crippen LogP contribution in [0, 0.1) is 5.82 Å². The van der Waals surface area contributed by atoms with Gasteiger partial charge >= 0.3 is 0 Å². The molecule has 1 saturated heterocycles. The van der Waals surface area contributed by atoms with Gasteiger partial charge in [-0.1, -0.05) is 0 Å². The van der Waals surface area contributed by atoms with Gasteiger partial charge in [0.25, 0.3) is 0 Å². The number of benzene rings is 2. The van der Waals surface area contributed by atoms with Crippen LogP contribution in [0.25, 0.3) is 11.0 Å². The Morgan fingerprint density at radius 2 is 1.61 bits per heavy atom. The van der Waals surface area contributed by atoms with Crippen LogP contribution in [0.1, 0.15) is 18.9 Å². The number of fused-ring (bicyclic) bond motifs is 1. The van der Waals surface area contributed by atoms with E-state index in [2.05, 4.69) is 20.7 Å². The van der Waals surface area contributed by atoms with Crippen LogP contribution in [-0.2, 0) is 4.74 Å². The molecule has 1 aliphatic rings. The van der Waals surface area contributed by atoms with Crippen molar-refractivity contribution in [1.82, 2.24) is 19.7 Å². The van der Waals surface area contributed by atoms with Crippen LogP contribution >= 0.6 is 0 Å². The van der Waals surface area contributed by atoms with Gasteiger partial charge in [-0.3, -0.25) is 0 Å². The summed E-state index contributed by atoms with van der Waals surface area (Å²) in [4.78, 5) is 9.35. The molecule has 0 amide bonds. The highest BCUT2D eigenvalue weighted by Gasteiger charge is 2.21. The zero-order valence-corrected chi connectivity index (χ0v) is 16.6. The number of phenols is 1. The quantitative estimate of drug-likeness (QED) is 0.409. The number of ether oxygens (including phenoxy) is 1. The molecule has 31 heavy (non-hydrogen) atoms. The summed E-state index contributed by atoms with van der Waals surface area (Å²) < 4.78 is 20.7. The van der Waals surface area contributed by atoms with E-state index in [0.29, 0.717) is 36.3 Å². The zero-order valence-electron chi connectivity index (χ0n) is 16.6. The molecule has 3 heterocycles. The third kappa shape index (κ3) is 4.13. The Hall–Kier alpha value is -3.72. The molecule has 0 saturated carbocycles. The van der Waals surface area contributed by atoms with Crippen LogP contribution < -0.4 is 10.6 Å². The minimum absolute atomic E-state index is 0.179. The topological polar surface area (TPSA) is 97.1 Å². The summed E-state index contributed by atoms with van der Waals surface area (Å²) in [6.07, 6.45) is 3.48. The van der Waals surface area contributed by atoms with Gasteiger partial charge in [0.05, 0.1) is 17.6 Å². The highest BCUT2D eigenvalue weighted by Crippen LogP contribution is 2.30. The highest BCUT2D eigenvalue weighted by atomic mass is 19.1. The van der Waals surface area contributed by atoms with Crippen molar-refractivity contribution < 1.29 is 14.2 Å². The second kappa shape index (κ2) is 8.19. The van der Waals surface area contributed by atoms with Gasteiger partial charge in [0.1, 0.15) is 17.4 Å². The molecule has 0 bridgehead atoms. The van der Waals surface area contributed by atoms with E-state index in [9.17, 15) is 9.50 Å². The summed E-state index contributed by atoms with van der Waals surface area (Å²) >= 11 is 0. The Morgan fingerprint density at radius 1 is 0.935 bits per heavy atom. The molecule has 0 unspecified atom stereocenters. The fourth-order valence-corrected chi connectivity index (χ4v) is 3.62. The molecule has 1 aliphatic heterocycles.